The first kappa shape index (κ1) is 14.9. The highest BCUT2D eigenvalue weighted by atomic mass is 19.2. The minimum absolute atomic E-state index is 0.362. The molecule has 0 bridgehead atoms. The van der Waals surface area contributed by atoms with Crippen LogP contribution in [0, 0.1) is 0 Å². The lowest BCUT2D eigenvalue weighted by atomic mass is 10.2. The van der Waals surface area contributed by atoms with E-state index >= 15 is 0 Å². The first-order valence-electron chi connectivity index (χ1n) is 6.91. The Hall–Kier alpha value is -3.02. The van der Waals surface area contributed by atoms with Crippen LogP contribution in [0.1, 0.15) is 0 Å². The fraction of sp³-hybridized carbons (Fsp3) is 0.118. The molecule has 3 rings (SSSR count). The van der Waals surface area contributed by atoms with E-state index in [1.165, 1.54) is 0 Å². The summed E-state index contributed by atoms with van der Waals surface area (Å²) in [6.45, 7) is 0. The van der Waals surface area contributed by atoms with Crippen LogP contribution in [-0.2, 0) is 0 Å². The molecule has 0 aliphatic rings. The molecule has 0 atom stereocenters. The van der Waals surface area contributed by atoms with E-state index in [9.17, 15) is 4.48 Å². The van der Waals surface area contributed by atoms with E-state index in [0.717, 1.165) is 10.9 Å². The number of fused-ring (bicyclic) bond motifs is 1. The first-order valence-corrected chi connectivity index (χ1v) is 6.91. The van der Waals surface area contributed by atoms with Crippen LogP contribution in [0.5, 0.6) is 23.1 Å². The summed E-state index contributed by atoms with van der Waals surface area (Å²) in [5.74, 6) is 2.25. The van der Waals surface area contributed by atoms with Gasteiger partial charge >= 0.3 is 0 Å². The van der Waals surface area contributed by atoms with Crippen LogP contribution in [0.3, 0.4) is 0 Å². The molecular formula is C17H15FN2O3. The van der Waals surface area contributed by atoms with E-state index in [1.807, 2.05) is 12.1 Å². The number of methoxy groups -OCH3 is 2. The Morgan fingerprint density at radius 1 is 0.913 bits per heavy atom. The number of pyridine rings is 1. The minimum atomic E-state index is 0.362. The van der Waals surface area contributed by atoms with Crippen molar-refractivity contribution < 1.29 is 18.7 Å². The van der Waals surface area contributed by atoms with Gasteiger partial charge < -0.3 is 14.2 Å². The van der Waals surface area contributed by atoms with E-state index in [0.29, 0.717) is 28.8 Å². The molecule has 3 aromatic rings. The van der Waals surface area contributed by atoms with Gasteiger partial charge in [0.1, 0.15) is 5.75 Å². The second-order valence-corrected chi connectivity index (χ2v) is 4.77. The second kappa shape index (κ2) is 6.39. The Labute approximate surface area is 132 Å². The number of benzene rings is 2. The Kier molecular flexibility index (Phi) is 4.14. The fourth-order valence-corrected chi connectivity index (χ4v) is 2.19. The minimum Gasteiger partial charge on any atom is -0.493 e. The summed E-state index contributed by atoms with van der Waals surface area (Å²) in [7, 11) is 3.16. The third kappa shape index (κ3) is 3.11. The van der Waals surface area contributed by atoms with Crippen molar-refractivity contribution >= 4 is 16.6 Å². The molecule has 0 radical (unpaired) electrons. The van der Waals surface area contributed by atoms with Gasteiger partial charge in [-0.3, -0.25) is 0 Å². The zero-order chi connectivity index (χ0) is 16.2. The number of hydrogen-bond acceptors (Lipinski definition) is 5. The standard InChI is InChI=1S/C17H15FN2O3/c1-21-15-9-11-3-8-17(19-14(11)10-16(15)22-2)23-13-6-4-12(20-18)5-7-13/h3-10,20H,1-2H3. The zero-order valence-corrected chi connectivity index (χ0v) is 12.7. The summed E-state index contributed by atoms with van der Waals surface area (Å²) in [5.41, 5.74) is 2.65. The topological polar surface area (TPSA) is 52.6 Å². The second-order valence-electron chi connectivity index (χ2n) is 4.77. The zero-order valence-electron chi connectivity index (χ0n) is 12.7. The molecule has 0 fully saturated rings. The lowest BCUT2D eigenvalue weighted by Crippen LogP contribution is -1.93. The van der Waals surface area contributed by atoms with Crippen molar-refractivity contribution in [1.29, 1.82) is 0 Å². The molecule has 0 saturated carbocycles. The van der Waals surface area contributed by atoms with Gasteiger partial charge in [-0.1, -0.05) is 0 Å². The highest BCUT2D eigenvalue weighted by Gasteiger charge is 2.08. The van der Waals surface area contributed by atoms with Crippen LogP contribution in [0.25, 0.3) is 10.9 Å². The van der Waals surface area contributed by atoms with Gasteiger partial charge in [0.25, 0.3) is 0 Å². The van der Waals surface area contributed by atoms with Crippen molar-refractivity contribution in [3.63, 3.8) is 0 Å². The monoisotopic (exact) mass is 314 g/mol. The van der Waals surface area contributed by atoms with Gasteiger partial charge in [-0.25, -0.2) is 10.5 Å². The van der Waals surface area contributed by atoms with Crippen molar-refractivity contribution in [2.45, 2.75) is 0 Å². The Bertz CT molecular complexity index is 822. The molecule has 0 aliphatic heterocycles. The van der Waals surface area contributed by atoms with Crippen LogP contribution < -0.4 is 19.7 Å². The van der Waals surface area contributed by atoms with E-state index < -0.39 is 0 Å². The van der Waals surface area contributed by atoms with Crippen molar-refractivity contribution in [3.8, 4) is 23.1 Å². The molecule has 2 aromatic carbocycles. The maximum absolute atomic E-state index is 12.3. The quantitative estimate of drug-likeness (QED) is 0.710. The summed E-state index contributed by atoms with van der Waals surface area (Å²) < 4.78 is 28.5. The highest BCUT2D eigenvalue weighted by molar-refractivity contribution is 5.83. The van der Waals surface area contributed by atoms with Crippen molar-refractivity contribution in [2.75, 3.05) is 19.8 Å². The van der Waals surface area contributed by atoms with Gasteiger partial charge in [-0.15, -0.1) is 4.48 Å². The van der Waals surface area contributed by atoms with Crippen molar-refractivity contribution in [3.05, 3.63) is 48.5 Å². The molecule has 1 aromatic heterocycles. The molecule has 6 heteroatoms. The molecule has 5 nitrogen and oxygen atoms in total. The Morgan fingerprint density at radius 2 is 1.61 bits per heavy atom. The fourth-order valence-electron chi connectivity index (χ4n) is 2.19. The van der Waals surface area contributed by atoms with Gasteiger partial charge in [0.05, 0.1) is 25.4 Å². The third-order valence-electron chi connectivity index (χ3n) is 3.35. The number of aromatic nitrogens is 1. The molecule has 0 amide bonds. The number of ether oxygens (including phenoxy) is 3. The normalized spacial score (nSPS) is 10.4. The van der Waals surface area contributed by atoms with Gasteiger partial charge in [-0.2, -0.15) is 0 Å². The molecule has 0 saturated heterocycles. The van der Waals surface area contributed by atoms with Crippen LogP contribution >= 0.6 is 0 Å². The van der Waals surface area contributed by atoms with E-state index in [4.69, 9.17) is 14.2 Å². The number of halogens is 1. The number of nitrogens with one attached hydrogen (secondary N) is 1. The third-order valence-corrected chi connectivity index (χ3v) is 3.35. The average Bonchev–Trinajstić information content (AvgIpc) is 2.61. The Balaban J connectivity index is 1.92. The lowest BCUT2D eigenvalue weighted by molar-refractivity contribution is 0.355. The molecular weight excluding hydrogens is 299 g/mol. The van der Waals surface area contributed by atoms with Gasteiger partial charge in [0.2, 0.25) is 5.88 Å². The van der Waals surface area contributed by atoms with E-state index in [-0.39, 0.29) is 0 Å². The smallest absolute Gasteiger partial charge is 0.219 e. The summed E-state index contributed by atoms with van der Waals surface area (Å²) in [5, 5.41) is 0.909. The molecule has 1 heterocycles. The number of rotatable bonds is 5. The van der Waals surface area contributed by atoms with Crippen LogP contribution in [0.4, 0.5) is 10.2 Å². The highest BCUT2D eigenvalue weighted by Crippen LogP contribution is 2.32. The van der Waals surface area contributed by atoms with Crippen LogP contribution in [-0.4, -0.2) is 19.2 Å². The summed E-state index contributed by atoms with van der Waals surface area (Å²) in [4.78, 5) is 4.45. The van der Waals surface area contributed by atoms with Crippen LogP contribution in [0.2, 0.25) is 0 Å². The average molecular weight is 314 g/mol. The van der Waals surface area contributed by atoms with Crippen molar-refractivity contribution in [2.24, 2.45) is 0 Å². The van der Waals surface area contributed by atoms with Gasteiger partial charge in [-0.05, 0) is 36.4 Å². The molecule has 118 valence electrons. The predicted molar refractivity (Wildman–Crippen MR) is 86.1 cm³/mol. The molecule has 1 N–H and O–H groups in total. The first-order chi connectivity index (χ1) is 11.2. The summed E-state index contributed by atoms with van der Waals surface area (Å²) in [6.07, 6.45) is 0. The molecule has 0 spiro atoms. The Morgan fingerprint density at radius 3 is 2.26 bits per heavy atom. The number of anilines is 1. The molecule has 23 heavy (non-hydrogen) atoms. The SMILES string of the molecule is COc1cc2ccc(Oc3ccc(NF)cc3)nc2cc1OC. The predicted octanol–water partition coefficient (Wildman–Crippen LogP) is 4.34. The lowest BCUT2D eigenvalue weighted by Gasteiger charge is -2.10. The van der Waals surface area contributed by atoms with Crippen molar-refractivity contribution in [1.82, 2.24) is 4.98 Å². The van der Waals surface area contributed by atoms with E-state index in [2.05, 4.69) is 4.98 Å². The summed E-state index contributed by atoms with van der Waals surface area (Å²) in [6, 6.07) is 13.7. The van der Waals surface area contributed by atoms with Crippen LogP contribution in [0.15, 0.2) is 48.5 Å². The molecule has 0 unspecified atom stereocenters. The number of hydrogen-bond donors (Lipinski definition) is 1. The maximum atomic E-state index is 12.3. The number of nitrogens with zero attached hydrogens (tertiary/aromatic N) is 1. The van der Waals surface area contributed by atoms with E-state index in [1.54, 1.807) is 56.2 Å². The van der Waals surface area contributed by atoms with Gasteiger partial charge in [0, 0.05) is 17.5 Å². The molecule has 0 aliphatic carbocycles. The van der Waals surface area contributed by atoms with Gasteiger partial charge in [0.15, 0.2) is 11.5 Å². The summed E-state index contributed by atoms with van der Waals surface area (Å²) >= 11 is 0. The largest absolute Gasteiger partial charge is 0.493 e. The maximum Gasteiger partial charge on any atom is 0.219 e.